The smallest absolute Gasteiger partial charge is 0.0846 e. The summed E-state index contributed by atoms with van der Waals surface area (Å²) in [7, 11) is 0. The van der Waals surface area contributed by atoms with E-state index in [-0.39, 0.29) is 10.9 Å². The molecule has 1 rings (SSSR count). The average molecular weight is 318 g/mol. The van der Waals surface area contributed by atoms with Crippen molar-refractivity contribution in [1.29, 1.82) is 0 Å². The lowest BCUT2D eigenvalue weighted by atomic mass is 9.77. The maximum Gasteiger partial charge on any atom is 0.0846 e. The van der Waals surface area contributed by atoms with Crippen molar-refractivity contribution in [3.63, 3.8) is 0 Å². The van der Waals surface area contributed by atoms with Gasteiger partial charge in [-0.1, -0.05) is 42.1 Å². The lowest BCUT2D eigenvalue weighted by Gasteiger charge is -2.32. The molecule has 1 aliphatic carbocycles. The van der Waals surface area contributed by atoms with Gasteiger partial charge in [0.15, 0.2) is 0 Å². The SMILES string of the molecule is CC(COC(CCl)C(Br)CCl)C1CCC1. The highest BCUT2D eigenvalue weighted by Crippen LogP contribution is 2.33. The molecule has 1 fully saturated rings. The molecule has 0 aromatic rings. The molecule has 0 aromatic carbocycles. The highest BCUT2D eigenvalue weighted by Gasteiger charge is 2.26. The van der Waals surface area contributed by atoms with E-state index >= 15 is 0 Å². The standard InChI is InChI=1S/C11H19BrCl2O/c1-8(9-3-2-4-9)7-15-11(6-14)10(12)5-13/h8-11H,2-7H2,1H3. The summed E-state index contributed by atoms with van der Waals surface area (Å²) in [5, 5.41) is 0. The number of ether oxygens (including phenoxy) is 1. The maximum atomic E-state index is 5.84. The number of rotatable bonds is 7. The first-order valence-electron chi connectivity index (χ1n) is 5.56. The van der Waals surface area contributed by atoms with E-state index in [2.05, 4.69) is 22.9 Å². The lowest BCUT2D eigenvalue weighted by Crippen LogP contribution is -2.32. The summed E-state index contributed by atoms with van der Waals surface area (Å²) in [5.74, 6) is 2.56. The van der Waals surface area contributed by atoms with Gasteiger partial charge >= 0.3 is 0 Å². The Bertz CT molecular complexity index is 176. The van der Waals surface area contributed by atoms with Gasteiger partial charge in [0, 0.05) is 18.4 Å². The zero-order valence-corrected chi connectivity index (χ0v) is 12.2. The summed E-state index contributed by atoms with van der Waals surface area (Å²) in [4.78, 5) is 0.158. The first-order chi connectivity index (χ1) is 7.19. The molecule has 15 heavy (non-hydrogen) atoms. The van der Waals surface area contributed by atoms with Crippen molar-refractivity contribution in [1.82, 2.24) is 0 Å². The normalized spacial score (nSPS) is 23.2. The molecule has 0 heterocycles. The third kappa shape index (κ3) is 4.41. The van der Waals surface area contributed by atoms with Gasteiger partial charge in [0.1, 0.15) is 0 Å². The van der Waals surface area contributed by atoms with E-state index in [4.69, 9.17) is 27.9 Å². The van der Waals surface area contributed by atoms with Crippen LogP contribution < -0.4 is 0 Å². The summed E-state index contributed by atoms with van der Waals surface area (Å²) < 4.78 is 5.80. The van der Waals surface area contributed by atoms with E-state index in [1.165, 1.54) is 19.3 Å². The van der Waals surface area contributed by atoms with Gasteiger partial charge in [-0.25, -0.2) is 0 Å². The molecule has 0 aromatic heterocycles. The van der Waals surface area contributed by atoms with Crippen LogP contribution in [0, 0.1) is 11.8 Å². The second-order valence-electron chi connectivity index (χ2n) is 4.36. The van der Waals surface area contributed by atoms with Crippen molar-refractivity contribution in [2.24, 2.45) is 11.8 Å². The molecule has 3 unspecified atom stereocenters. The first kappa shape index (κ1) is 14.1. The van der Waals surface area contributed by atoms with E-state index in [1.807, 2.05) is 0 Å². The van der Waals surface area contributed by atoms with Crippen molar-refractivity contribution in [2.45, 2.75) is 37.1 Å². The molecule has 90 valence electrons. The van der Waals surface area contributed by atoms with E-state index in [1.54, 1.807) is 0 Å². The van der Waals surface area contributed by atoms with Crippen LogP contribution in [0.1, 0.15) is 26.2 Å². The van der Waals surface area contributed by atoms with Gasteiger partial charge in [-0.2, -0.15) is 0 Å². The third-order valence-electron chi connectivity index (χ3n) is 3.23. The van der Waals surface area contributed by atoms with E-state index in [9.17, 15) is 0 Å². The zero-order chi connectivity index (χ0) is 11.3. The van der Waals surface area contributed by atoms with Crippen LogP contribution in [0.2, 0.25) is 0 Å². The lowest BCUT2D eigenvalue weighted by molar-refractivity contribution is 0.0217. The van der Waals surface area contributed by atoms with Crippen molar-refractivity contribution in [3.05, 3.63) is 0 Å². The molecule has 3 atom stereocenters. The fourth-order valence-electron chi connectivity index (χ4n) is 1.77. The predicted octanol–water partition coefficient (Wildman–Crippen LogP) is 4.05. The van der Waals surface area contributed by atoms with Gasteiger partial charge in [-0.05, 0) is 11.8 Å². The molecule has 0 spiro atoms. The number of alkyl halides is 3. The Kier molecular flexibility index (Phi) is 6.92. The quantitative estimate of drug-likeness (QED) is 0.644. The van der Waals surface area contributed by atoms with E-state index < -0.39 is 0 Å². The fourth-order valence-corrected chi connectivity index (χ4v) is 2.82. The Balaban J connectivity index is 2.20. The molecule has 0 aliphatic heterocycles. The summed E-state index contributed by atoms with van der Waals surface area (Å²) in [6, 6.07) is 0. The van der Waals surface area contributed by atoms with Gasteiger partial charge in [0.25, 0.3) is 0 Å². The summed E-state index contributed by atoms with van der Waals surface area (Å²) in [6.07, 6.45) is 4.15. The molecule has 1 nitrogen and oxygen atoms in total. The van der Waals surface area contributed by atoms with Crippen LogP contribution in [0.15, 0.2) is 0 Å². The van der Waals surface area contributed by atoms with Gasteiger partial charge < -0.3 is 4.74 Å². The minimum atomic E-state index is 0.0340. The largest absolute Gasteiger partial charge is 0.375 e. The van der Waals surface area contributed by atoms with Crippen LogP contribution in [0.25, 0.3) is 0 Å². The van der Waals surface area contributed by atoms with Crippen molar-refractivity contribution in [2.75, 3.05) is 18.4 Å². The minimum Gasteiger partial charge on any atom is -0.375 e. The van der Waals surface area contributed by atoms with Gasteiger partial charge in [0.2, 0.25) is 0 Å². The van der Waals surface area contributed by atoms with Crippen LogP contribution >= 0.6 is 39.1 Å². The number of halogens is 3. The molecule has 0 amide bonds. The van der Waals surface area contributed by atoms with Gasteiger partial charge in [-0.15, -0.1) is 23.2 Å². The molecule has 0 saturated heterocycles. The predicted molar refractivity (Wildman–Crippen MR) is 70.4 cm³/mol. The Morgan fingerprint density at radius 3 is 2.40 bits per heavy atom. The average Bonchev–Trinajstić information content (AvgIpc) is 2.15. The van der Waals surface area contributed by atoms with E-state index in [0.29, 0.717) is 17.7 Å². The third-order valence-corrected chi connectivity index (χ3v) is 5.15. The van der Waals surface area contributed by atoms with Gasteiger partial charge in [0.05, 0.1) is 10.9 Å². The monoisotopic (exact) mass is 316 g/mol. The molecule has 0 N–H and O–H groups in total. The molecule has 4 heteroatoms. The fraction of sp³-hybridized carbons (Fsp3) is 1.00. The number of hydrogen-bond donors (Lipinski definition) is 0. The van der Waals surface area contributed by atoms with Gasteiger partial charge in [-0.3, -0.25) is 0 Å². The van der Waals surface area contributed by atoms with Crippen LogP contribution in [-0.2, 0) is 4.74 Å². The molecule has 0 bridgehead atoms. The summed E-state index contributed by atoms with van der Waals surface area (Å²) in [5.41, 5.74) is 0. The van der Waals surface area contributed by atoms with Crippen LogP contribution in [0.5, 0.6) is 0 Å². The maximum absolute atomic E-state index is 5.84. The molecule has 1 aliphatic rings. The van der Waals surface area contributed by atoms with Crippen molar-refractivity contribution >= 4 is 39.1 Å². The zero-order valence-electron chi connectivity index (χ0n) is 9.09. The highest BCUT2D eigenvalue weighted by molar-refractivity contribution is 9.09. The Hall–Kier alpha value is 1.02. The van der Waals surface area contributed by atoms with Crippen LogP contribution in [-0.4, -0.2) is 29.3 Å². The van der Waals surface area contributed by atoms with Crippen molar-refractivity contribution in [3.8, 4) is 0 Å². The topological polar surface area (TPSA) is 9.23 Å². The Labute approximate surface area is 111 Å². The van der Waals surface area contributed by atoms with Crippen LogP contribution in [0.3, 0.4) is 0 Å². The molecular formula is C11H19BrCl2O. The second kappa shape index (κ2) is 7.37. The molecule has 0 radical (unpaired) electrons. The molecule has 1 saturated carbocycles. The van der Waals surface area contributed by atoms with E-state index in [0.717, 1.165) is 12.5 Å². The highest BCUT2D eigenvalue weighted by atomic mass is 79.9. The Morgan fingerprint density at radius 2 is 2.00 bits per heavy atom. The minimum absolute atomic E-state index is 0.0340. The summed E-state index contributed by atoms with van der Waals surface area (Å²) >= 11 is 15.1. The first-order valence-corrected chi connectivity index (χ1v) is 7.55. The summed E-state index contributed by atoms with van der Waals surface area (Å²) in [6.45, 7) is 3.07. The van der Waals surface area contributed by atoms with Crippen molar-refractivity contribution < 1.29 is 4.74 Å². The Morgan fingerprint density at radius 1 is 1.33 bits per heavy atom. The van der Waals surface area contributed by atoms with Crippen LogP contribution in [0.4, 0.5) is 0 Å². The molecular weight excluding hydrogens is 299 g/mol. The number of hydrogen-bond acceptors (Lipinski definition) is 1. The second-order valence-corrected chi connectivity index (χ2v) is 6.16.